The van der Waals surface area contributed by atoms with Gasteiger partial charge < -0.3 is 19.7 Å². The second-order valence-electron chi connectivity index (χ2n) is 7.08. The van der Waals surface area contributed by atoms with Crippen LogP contribution in [0.3, 0.4) is 0 Å². The summed E-state index contributed by atoms with van der Waals surface area (Å²) in [6.07, 6.45) is -0.542. The predicted octanol–water partition coefficient (Wildman–Crippen LogP) is 0.709. The van der Waals surface area contributed by atoms with Crippen LogP contribution in [0.5, 0.6) is 5.75 Å². The van der Waals surface area contributed by atoms with E-state index < -0.39 is 33.7 Å². The molecule has 0 aromatic heterocycles. The van der Waals surface area contributed by atoms with Crippen molar-refractivity contribution in [3.63, 3.8) is 0 Å². The molecule has 1 unspecified atom stereocenters. The van der Waals surface area contributed by atoms with Crippen LogP contribution in [-0.4, -0.2) is 63.7 Å². The van der Waals surface area contributed by atoms with E-state index in [0.717, 1.165) is 0 Å². The number of sulfonamides is 1. The molecule has 1 heterocycles. The SMILES string of the molecule is COc1ccc(S(=O)(=O)NC(=O)C2CN(C(=O)OC(C)(C)C)CCN2)cc1. The third-order valence-corrected chi connectivity index (χ3v) is 5.11. The Bertz CT molecular complexity index is 786. The first-order valence-corrected chi connectivity index (χ1v) is 9.92. The molecule has 0 saturated carbocycles. The van der Waals surface area contributed by atoms with Gasteiger partial charge in [-0.05, 0) is 45.0 Å². The molecule has 0 radical (unpaired) electrons. The van der Waals surface area contributed by atoms with Crippen molar-refractivity contribution in [2.75, 3.05) is 26.7 Å². The maximum atomic E-state index is 12.4. The predicted molar refractivity (Wildman–Crippen MR) is 97.9 cm³/mol. The summed E-state index contributed by atoms with van der Waals surface area (Å²) >= 11 is 0. The minimum absolute atomic E-state index is 0.0128. The van der Waals surface area contributed by atoms with Crippen molar-refractivity contribution in [1.29, 1.82) is 0 Å². The van der Waals surface area contributed by atoms with Crippen molar-refractivity contribution in [2.24, 2.45) is 0 Å². The van der Waals surface area contributed by atoms with Crippen molar-refractivity contribution >= 4 is 22.0 Å². The molecule has 27 heavy (non-hydrogen) atoms. The molecular weight excluding hydrogens is 374 g/mol. The van der Waals surface area contributed by atoms with Crippen LogP contribution in [-0.2, 0) is 19.6 Å². The maximum absolute atomic E-state index is 12.4. The summed E-state index contributed by atoms with van der Waals surface area (Å²) in [5, 5.41) is 2.91. The highest BCUT2D eigenvalue weighted by molar-refractivity contribution is 7.90. The van der Waals surface area contributed by atoms with Crippen molar-refractivity contribution in [2.45, 2.75) is 37.3 Å². The Labute approximate surface area is 159 Å². The van der Waals surface area contributed by atoms with E-state index in [1.165, 1.54) is 36.3 Å². The summed E-state index contributed by atoms with van der Waals surface area (Å²) in [4.78, 5) is 25.9. The molecular formula is C17H25N3O6S. The second-order valence-corrected chi connectivity index (χ2v) is 8.76. The number of ether oxygens (including phenoxy) is 2. The average Bonchev–Trinajstić information content (AvgIpc) is 2.60. The van der Waals surface area contributed by atoms with Gasteiger partial charge in [0.05, 0.1) is 12.0 Å². The molecule has 0 bridgehead atoms. The highest BCUT2D eigenvalue weighted by atomic mass is 32.2. The molecule has 1 aromatic carbocycles. The zero-order valence-corrected chi connectivity index (χ0v) is 16.6. The van der Waals surface area contributed by atoms with Gasteiger partial charge in [-0.25, -0.2) is 17.9 Å². The monoisotopic (exact) mass is 399 g/mol. The minimum Gasteiger partial charge on any atom is -0.497 e. The number of nitrogens with zero attached hydrogens (tertiary/aromatic N) is 1. The van der Waals surface area contributed by atoms with Crippen LogP contribution in [0.15, 0.2) is 29.2 Å². The van der Waals surface area contributed by atoms with Gasteiger partial charge in [0, 0.05) is 19.6 Å². The number of methoxy groups -OCH3 is 1. The smallest absolute Gasteiger partial charge is 0.410 e. The number of nitrogens with one attached hydrogen (secondary N) is 2. The number of benzene rings is 1. The first kappa shape index (κ1) is 21.0. The zero-order chi connectivity index (χ0) is 20.2. The van der Waals surface area contributed by atoms with Gasteiger partial charge in [-0.2, -0.15) is 0 Å². The fourth-order valence-electron chi connectivity index (χ4n) is 2.44. The maximum Gasteiger partial charge on any atom is 0.410 e. The van der Waals surface area contributed by atoms with Gasteiger partial charge in [-0.3, -0.25) is 4.79 Å². The Kier molecular flexibility index (Phi) is 6.32. The van der Waals surface area contributed by atoms with Gasteiger partial charge in [0.15, 0.2) is 0 Å². The van der Waals surface area contributed by atoms with Crippen LogP contribution in [0.2, 0.25) is 0 Å². The Balaban J connectivity index is 2.02. The number of piperazine rings is 1. The number of hydrogen-bond donors (Lipinski definition) is 2. The molecule has 9 nitrogen and oxygen atoms in total. The highest BCUT2D eigenvalue weighted by Gasteiger charge is 2.32. The van der Waals surface area contributed by atoms with E-state index in [-0.39, 0.29) is 11.4 Å². The Morgan fingerprint density at radius 1 is 1.22 bits per heavy atom. The van der Waals surface area contributed by atoms with Crippen molar-refractivity contribution in [3.8, 4) is 5.75 Å². The molecule has 10 heteroatoms. The summed E-state index contributed by atoms with van der Waals surface area (Å²) in [5.74, 6) is -0.235. The molecule has 0 spiro atoms. The molecule has 1 saturated heterocycles. The molecule has 1 atom stereocenters. The molecule has 1 aromatic rings. The molecule has 2 rings (SSSR count). The molecule has 2 amide bonds. The number of carbonyl (C=O) groups excluding carboxylic acids is 2. The van der Waals surface area contributed by atoms with Crippen LogP contribution < -0.4 is 14.8 Å². The van der Waals surface area contributed by atoms with Gasteiger partial charge in [0.25, 0.3) is 15.9 Å². The van der Waals surface area contributed by atoms with E-state index >= 15 is 0 Å². The van der Waals surface area contributed by atoms with E-state index in [4.69, 9.17) is 9.47 Å². The lowest BCUT2D eigenvalue weighted by Gasteiger charge is -2.34. The zero-order valence-electron chi connectivity index (χ0n) is 15.8. The summed E-state index contributed by atoms with van der Waals surface area (Å²) in [6.45, 7) is 5.97. The van der Waals surface area contributed by atoms with E-state index in [2.05, 4.69) is 5.32 Å². The van der Waals surface area contributed by atoms with Gasteiger partial charge in [0.2, 0.25) is 0 Å². The number of carbonyl (C=O) groups is 2. The van der Waals surface area contributed by atoms with Crippen LogP contribution in [0.1, 0.15) is 20.8 Å². The van der Waals surface area contributed by atoms with Crippen molar-refractivity contribution in [1.82, 2.24) is 14.9 Å². The standard InChI is InChI=1S/C17H25N3O6S/c1-17(2,3)26-16(22)20-10-9-18-14(11-20)15(21)19-27(23,24)13-7-5-12(25-4)6-8-13/h5-8,14,18H,9-11H2,1-4H3,(H,19,21). The van der Waals surface area contributed by atoms with Gasteiger partial charge >= 0.3 is 6.09 Å². The Morgan fingerprint density at radius 3 is 2.41 bits per heavy atom. The molecule has 150 valence electrons. The lowest BCUT2D eigenvalue weighted by Crippen LogP contribution is -2.59. The van der Waals surface area contributed by atoms with Crippen LogP contribution >= 0.6 is 0 Å². The van der Waals surface area contributed by atoms with Crippen LogP contribution in [0.25, 0.3) is 0 Å². The summed E-state index contributed by atoms with van der Waals surface area (Å²) in [7, 11) is -2.56. The quantitative estimate of drug-likeness (QED) is 0.766. The van der Waals surface area contributed by atoms with E-state index in [9.17, 15) is 18.0 Å². The topological polar surface area (TPSA) is 114 Å². The lowest BCUT2D eigenvalue weighted by molar-refractivity contribution is -0.122. The Morgan fingerprint density at radius 2 is 1.85 bits per heavy atom. The van der Waals surface area contributed by atoms with E-state index in [0.29, 0.717) is 18.8 Å². The highest BCUT2D eigenvalue weighted by Crippen LogP contribution is 2.16. The lowest BCUT2D eigenvalue weighted by atomic mass is 10.2. The van der Waals surface area contributed by atoms with Gasteiger partial charge in [0.1, 0.15) is 17.4 Å². The fourth-order valence-corrected chi connectivity index (χ4v) is 3.45. The third kappa shape index (κ3) is 5.83. The third-order valence-electron chi connectivity index (χ3n) is 3.75. The van der Waals surface area contributed by atoms with Crippen LogP contribution in [0, 0.1) is 0 Å². The van der Waals surface area contributed by atoms with E-state index in [1.807, 2.05) is 4.72 Å². The number of rotatable bonds is 4. The van der Waals surface area contributed by atoms with Gasteiger partial charge in [-0.15, -0.1) is 0 Å². The molecule has 1 aliphatic heterocycles. The normalized spacial score (nSPS) is 17.9. The summed E-state index contributed by atoms with van der Waals surface area (Å²) < 4.78 is 37.1. The van der Waals surface area contributed by atoms with Crippen LogP contribution in [0.4, 0.5) is 4.79 Å². The fraction of sp³-hybridized carbons (Fsp3) is 0.529. The first-order chi connectivity index (χ1) is 12.5. The summed E-state index contributed by atoms with van der Waals surface area (Å²) in [5.41, 5.74) is -0.655. The number of amides is 2. The first-order valence-electron chi connectivity index (χ1n) is 8.44. The van der Waals surface area contributed by atoms with Crippen molar-refractivity contribution < 1.29 is 27.5 Å². The molecule has 1 aliphatic rings. The molecule has 2 N–H and O–H groups in total. The second kappa shape index (κ2) is 8.13. The molecule has 1 fully saturated rings. The van der Waals surface area contributed by atoms with Gasteiger partial charge in [-0.1, -0.05) is 0 Å². The Hall–Kier alpha value is -2.33. The number of hydrogen-bond acceptors (Lipinski definition) is 7. The van der Waals surface area contributed by atoms with E-state index in [1.54, 1.807) is 20.8 Å². The molecule has 0 aliphatic carbocycles. The summed E-state index contributed by atoms with van der Waals surface area (Å²) in [6, 6.07) is 4.80. The average molecular weight is 399 g/mol. The van der Waals surface area contributed by atoms with Crippen molar-refractivity contribution in [3.05, 3.63) is 24.3 Å². The minimum atomic E-state index is -4.03. The largest absolute Gasteiger partial charge is 0.497 e.